The predicted molar refractivity (Wildman–Crippen MR) is 67.8 cm³/mol. The van der Waals surface area contributed by atoms with Gasteiger partial charge in [-0.15, -0.1) is 0 Å². The Morgan fingerprint density at radius 1 is 1.39 bits per heavy atom. The van der Waals surface area contributed by atoms with Crippen molar-refractivity contribution in [1.82, 2.24) is 0 Å². The van der Waals surface area contributed by atoms with Gasteiger partial charge < -0.3 is 14.8 Å². The van der Waals surface area contributed by atoms with E-state index in [2.05, 4.69) is 5.32 Å². The first-order valence-corrected chi connectivity index (χ1v) is 5.43. The van der Waals surface area contributed by atoms with Gasteiger partial charge in [-0.25, -0.2) is 0 Å². The number of carbonyl (C=O) groups excluding carboxylic acids is 2. The molecule has 0 saturated heterocycles. The molecule has 1 rings (SSSR count). The minimum Gasteiger partial charge on any atom is -0.501 e. The van der Waals surface area contributed by atoms with Crippen molar-refractivity contribution in [3.63, 3.8) is 0 Å². The molecule has 1 aromatic rings. The third-order valence-corrected chi connectivity index (χ3v) is 2.05. The maximum Gasteiger partial charge on any atom is 0.251 e. The first-order chi connectivity index (χ1) is 8.69. The van der Waals surface area contributed by atoms with Crippen LogP contribution in [0.2, 0.25) is 0 Å². The Morgan fingerprint density at radius 3 is 2.78 bits per heavy atom. The summed E-state index contributed by atoms with van der Waals surface area (Å²) in [6, 6.07) is 4.76. The highest BCUT2D eigenvalue weighted by atomic mass is 16.5. The molecule has 18 heavy (non-hydrogen) atoms. The summed E-state index contributed by atoms with van der Waals surface area (Å²) >= 11 is 0. The molecule has 0 aliphatic rings. The van der Waals surface area contributed by atoms with E-state index in [9.17, 15) is 9.59 Å². The van der Waals surface area contributed by atoms with E-state index >= 15 is 0 Å². The number of aldehydes is 1. The zero-order valence-electron chi connectivity index (χ0n) is 10.3. The molecule has 1 amide bonds. The molecule has 0 unspecified atom stereocenters. The maximum absolute atomic E-state index is 11.5. The van der Waals surface area contributed by atoms with Gasteiger partial charge in [0, 0.05) is 23.4 Å². The van der Waals surface area contributed by atoms with Crippen molar-refractivity contribution in [2.24, 2.45) is 0 Å². The molecule has 0 aromatic heterocycles. The van der Waals surface area contributed by atoms with Gasteiger partial charge in [-0.3, -0.25) is 9.59 Å². The van der Waals surface area contributed by atoms with Crippen molar-refractivity contribution in [3.05, 3.63) is 36.1 Å². The van der Waals surface area contributed by atoms with E-state index in [4.69, 9.17) is 9.47 Å². The van der Waals surface area contributed by atoms with Gasteiger partial charge in [0.15, 0.2) is 0 Å². The molecule has 5 nitrogen and oxygen atoms in total. The molecule has 0 atom stereocenters. The lowest BCUT2D eigenvalue weighted by atomic mass is 10.2. The van der Waals surface area contributed by atoms with Crippen molar-refractivity contribution in [2.45, 2.75) is 6.92 Å². The molecule has 0 radical (unpaired) electrons. The number of nitrogens with one attached hydrogen (secondary N) is 1. The molecule has 0 fully saturated rings. The Balaban J connectivity index is 2.77. The predicted octanol–water partition coefficient (Wildman–Crippen LogP) is 2.00. The Bertz CT molecular complexity index is 454. The first-order valence-electron chi connectivity index (χ1n) is 5.43. The van der Waals surface area contributed by atoms with Gasteiger partial charge >= 0.3 is 0 Å². The molecule has 0 aliphatic heterocycles. The highest BCUT2D eigenvalue weighted by Gasteiger charge is 2.03. The summed E-state index contributed by atoms with van der Waals surface area (Å²) in [5.41, 5.74) is 0.918. The van der Waals surface area contributed by atoms with Crippen LogP contribution in [-0.4, -0.2) is 25.9 Å². The Morgan fingerprint density at radius 2 is 2.17 bits per heavy atom. The van der Waals surface area contributed by atoms with Gasteiger partial charge in [0.25, 0.3) is 5.91 Å². The van der Waals surface area contributed by atoms with Gasteiger partial charge in [0.2, 0.25) is 0 Å². The minimum absolute atomic E-state index is 0.339. The maximum atomic E-state index is 11.5. The number of rotatable bonds is 6. The number of benzene rings is 1. The van der Waals surface area contributed by atoms with Crippen LogP contribution < -0.4 is 10.1 Å². The highest BCUT2D eigenvalue weighted by Crippen LogP contribution is 2.19. The highest BCUT2D eigenvalue weighted by molar-refractivity contribution is 5.99. The lowest BCUT2D eigenvalue weighted by Gasteiger charge is -2.06. The SMILES string of the molecule is CCO/C=C/C(=O)Nc1cc(C=O)cc(OC)c1. The monoisotopic (exact) mass is 249 g/mol. The summed E-state index contributed by atoms with van der Waals surface area (Å²) in [5.74, 6) is 0.164. The topological polar surface area (TPSA) is 64.6 Å². The molecule has 0 heterocycles. The van der Waals surface area contributed by atoms with Crippen LogP contribution in [-0.2, 0) is 9.53 Å². The summed E-state index contributed by atoms with van der Waals surface area (Å²) in [5, 5.41) is 2.61. The van der Waals surface area contributed by atoms with Crippen LogP contribution in [0.5, 0.6) is 5.75 Å². The molecule has 96 valence electrons. The lowest BCUT2D eigenvalue weighted by Crippen LogP contribution is -2.08. The van der Waals surface area contributed by atoms with Crippen molar-refractivity contribution in [2.75, 3.05) is 19.0 Å². The summed E-state index contributed by atoms with van der Waals surface area (Å²) in [6.07, 6.45) is 3.27. The van der Waals surface area contributed by atoms with E-state index < -0.39 is 0 Å². The number of hydrogen-bond acceptors (Lipinski definition) is 4. The van der Waals surface area contributed by atoms with Crippen LogP contribution in [0.4, 0.5) is 5.69 Å². The quantitative estimate of drug-likeness (QED) is 0.475. The first kappa shape index (κ1) is 13.8. The molecule has 0 saturated carbocycles. The van der Waals surface area contributed by atoms with E-state index in [1.54, 1.807) is 18.2 Å². The molecule has 0 spiro atoms. The van der Waals surface area contributed by atoms with Crippen molar-refractivity contribution in [3.8, 4) is 5.75 Å². The number of ether oxygens (including phenoxy) is 2. The average molecular weight is 249 g/mol. The number of anilines is 1. The smallest absolute Gasteiger partial charge is 0.251 e. The van der Waals surface area contributed by atoms with Crippen LogP contribution in [0.15, 0.2) is 30.5 Å². The van der Waals surface area contributed by atoms with Crippen molar-refractivity contribution < 1.29 is 19.1 Å². The van der Waals surface area contributed by atoms with E-state index in [0.29, 0.717) is 29.9 Å². The van der Waals surface area contributed by atoms with Crippen LogP contribution in [0.3, 0.4) is 0 Å². The van der Waals surface area contributed by atoms with Gasteiger partial charge in [-0.05, 0) is 19.1 Å². The number of carbonyl (C=O) groups is 2. The molecular formula is C13H15NO4. The van der Waals surface area contributed by atoms with Gasteiger partial charge in [0.05, 0.1) is 20.0 Å². The molecule has 0 bridgehead atoms. The van der Waals surface area contributed by atoms with Crippen molar-refractivity contribution >= 4 is 17.9 Å². The summed E-state index contributed by atoms with van der Waals surface area (Å²) in [4.78, 5) is 22.2. The molecule has 5 heteroatoms. The second-order valence-electron chi connectivity index (χ2n) is 3.36. The Labute approximate surface area is 105 Å². The van der Waals surface area contributed by atoms with Crippen LogP contribution in [0, 0.1) is 0 Å². The van der Waals surface area contributed by atoms with E-state index in [0.717, 1.165) is 0 Å². The zero-order valence-corrected chi connectivity index (χ0v) is 10.3. The third-order valence-electron chi connectivity index (χ3n) is 2.05. The minimum atomic E-state index is -0.339. The largest absolute Gasteiger partial charge is 0.501 e. The fraction of sp³-hybridized carbons (Fsp3) is 0.231. The lowest BCUT2D eigenvalue weighted by molar-refractivity contribution is -0.112. The Kier molecular flexibility index (Phi) is 5.44. The van der Waals surface area contributed by atoms with E-state index in [-0.39, 0.29) is 5.91 Å². The summed E-state index contributed by atoms with van der Waals surface area (Å²) in [7, 11) is 1.49. The normalized spacial score (nSPS) is 10.1. The van der Waals surface area contributed by atoms with Crippen molar-refractivity contribution in [1.29, 1.82) is 0 Å². The number of amides is 1. The van der Waals surface area contributed by atoms with Gasteiger partial charge in [0.1, 0.15) is 12.0 Å². The van der Waals surface area contributed by atoms with E-state index in [1.807, 2.05) is 6.92 Å². The molecule has 0 aliphatic carbocycles. The Hall–Kier alpha value is -2.30. The summed E-state index contributed by atoms with van der Waals surface area (Å²) in [6.45, 7) is 2.32. The standard InChI is InChI=1S/C13H15NO4/c1-3-18-5-4-13(16)14-11-6-10(9-15)7-12(8-11)17-2/h4-9H,3H2,1-2H3,(H,14,16)/b5-4+. The molecule has 1 N–H and O–H groups in total. The molecular weight excluding hydrogens is 234 g/mol. The number of hydrogen-bond donors (Lipinski definition) is 1. The molecule has 1 aromatic carbocycles. The van der Waals surface area contributed by atoms with Crippen LogP contribution >= 0.6 is 0 Å². The van der Waals surface area contributed by atoms with Gasteiger partial charge in [-0.2, -0.15) is 0 Å². The van der Waals surface area contributed by atoms with Crippen LogP contribution in [0.25, 0.3) is 0 Å². The third kappa shape index (κ3) is 4.29. The van der Waals surface area contributed by atoms with Gasteiger partial charge in [-0.1, -0.05) is 0 Å². The number of methoxy groups -OCH3 is 1. The second kappa shape index (κ2) is 7.11. The van der Waals surface area contributed by atoms with E-state index in [1.165, 1.54) is 19.4 Å². The van der Waals surface area contributed by atoms with Crippen LogP contribution in [0.1, 0.15) is 17.3 Å². The fourth-order valence-electron chi connectivity index (χ4n) is 1.27. The zero-order chi connectivity index (χ0) is 13.4. The summed E-state index contributed by atoms with van der Waals surface area (Å²) < 4.78 is 9.93. The second-order valence-corrected chi connectivity index (χ2v) is 3.36. The average Bonchev–Trinajstić information content (AvgIpc) is 2.38. The fourth-order valence-corrected chi connectivity index (χ4v) is 1.27.